The molecule has 0 atom stereocenters. The van der Waals surface area contributed by atoms with Crippen LogP contribution in [0.5, 0.6) is 17.2 Å². The van der Waals surface area contributed by atoms with Gasteiger partial charge in [0.25, 0.3) is 0 Å². The van der Waals surface area contributed by atoms with Crippen LogP contribution < -0.4 is 16.2 Å². The second-order valence-corrected chi connectivity index (χ2v) is 9.56. The van der Waals surface area contributed by atoms with Crippen LogP contribution in [0.25, 0.3) is 0 Å². The number of hydrogen-bond donors (Lipinski definition) is 5. The number of nitrogens with two attached hydrogens (primary N) is 2. The van der Waals surface area contributed by atoms with E-state index in [-0.39, 0.29) is 57.2 Å². The number of phenols is 1. The highest BCUT2D eigenvalue weighted by Gasteiger charge is 2.18. The molecule has 17 heteroatoms. The summed E-state index contributed by atoms with van der Waals surface area (Å²) < 4.78 is 18.0. The Bertz CT molecular complexity index is 1740. The number of aliphatic carboxylic acids is 2. The fourth-order valence-electron chi connectivity index (χ4n) is 3.30. The molecule has 0 unspecified atom stereocenters. The molecule has 4 aromatic rings. The third-order valence-electron chi connectivity index (χ3n) is 5.29. The minimum atomic E-state index is -0.987. The van der Waals surface area contributed by atoms with Gasteiger partial charge in [-0.1, -0.05) is 35.3 Å². The number of aromatic hydroxyl groups is 1. The van der Waals surface area contributed by atoms with Crippen LogP contribution in [0.3, 0.4) is 0 Å². The molecule has 0 heterocycles. The summed E-state index contributed by atoms with van der Waals surface area (Å²) in [6.07, 6.45) is -0.262. The van der Waals surface area contributed by atoms with Crippen LogP contribution >= 0.6 is 23.2 Å². The zero-order valence-electron chi connectivity index (χ0n) is 22.7. The summed E-state index contributed by atoms with van der Waals surface area (Å²) in [7, 11) is 0. The molecule has 0 bridgehead atoms. The Balaban J connectivity index is 0.000000259. The molecule has 7 N–H and O–H groups in total. The smallest absolute Gasteiger partial charge is 0.313 e. The van der Waals surface area contributed by atoms with Gasteiger partial charge in [0.2, 0.25) is 11.6 Å². The Morgan fingerprint density at radius 3 is 1.67 bits per heavy atom. The first-order chi connectivity index (χ1) is 21.1. The third-order valence-corrected chi connectivity index (χ3v) is 5.88. The van der Waals surface area contributed by atoms with Crippen LogP contribution in [0.1, 0.15) is 11.1 Å². The second kappa shape index (κ2) is 16.3. The maximum Gasteiger partial charge on any atom is 0.313 e. The molecule has 14 nitrogen and oxygen atoms in total. The normalized spacial score (nSPS) is 9.93. The predicted octanol–water partition coefficient (Wildman–Crippen LogP) is 6.24. The molecule has 4 rings (SSSR count). The van der Waals surface area contributed by atoms with Crippen molar-refractivity contribution in [2.45, 2.75) is 12.8 Å². The van der Waals surface area contributed by atoms with Gasteiger partial charge in [-0.25, -0.2) is 0 Å². The van der Waals surface area contributed by atoms with Gasteiger partial charge in [-0.3, -0.25) is 29.8 Å². The Hall–Kier alpha value is -5.67. The summed E-state index contributed by atoms with van der Waals surface area (Å²) in [6.45, 7) is 0. The van der Waals surface area contributed by atoms with E-state index in [9.17, 15) is 34.2 Å². The highest BCUT2D eigenvalue weighted by Crippen LogP contribution is 2.36. The SMILES string of the molecule is Nc1ccc(F)c([N+](=O)[O-])c1.Nc1ccc(Oc2ccc(CC(=O)O)cc2Cl)c([N+](=O)[O-])c1.O=C(O)Cc1ccc(O)c(Cl)c1. The van der Waals surface area contributed by atoms with Crippen molar-refractivity contribution >= 4 is 57.9 Å². The fourth-order valence-corrected chi connectivity index (χ4v) is 3.74. The van der Waals surface area contributed by atoms with Gasteiger partial charge in [-0.2, -0.15) is 4.39 Å². The molecule has 0 aromatic heterocycles. The van der Waals surface area contributed by atoms with E-state index in [1.165, 1.54) is 60.7 Å². The van der Waals surface area contributed by atoms with Crippen LogP contribution in [-0.2, 0) is 22.4 Å². The highest BCUT2D eigenvalue weighted by molar-refractivity contribution is 6.32. The molecule has 0 aliphatic heterocycles. The lowest BCUT2D eigenvalue weighted by atomic mass is 10.1. The molecule has 0 saturated heterocycles. The van der Waals surface area contributed by atoms with E-state index in [0.29, 0.717) is 11.1 Å². The number of phenolic OH excluding ortho intramolecular Hbond substituents is 1. The molecule has 0 fully saturated rings. The maximum atomic E-state index is 12.5. The largest absolute Gasteiger partial charge is 0.506 e. The quantitative estimate of drug-likeness (QED) is 0.0798. The minimum absolute atomic E-state index is 0.00733. The van der Waals surface area contributed by atoms with Gasteiger partial charge in [0.15, 0.2) is 0 Å². The maximum absolute atomic E-state index is 12.5. The molecule has 236 valence electrons. The van der Waals surface area contributed by atoms with Crippen molar-refractivity contribution in [3.8, 4) is 17.2 Å². The van der Waals surface area contributed by atoms with Gasteiger partial charge in [0, 0.05) is 23.5 Å². The molecule has 0 aliphatic rings. The number of halogens is 3. The third kappa shape index (κ3) is 11.5. The zero-order chi connectivity index (χ0) is 33.8. The van der Waals surface area contributed by atoms with Crippen LogP contribution in [0.4, 0.5) is 27.1 Å². The molecule has 0 radical (unpaired) electrons. The van der Waals surface area contributed by atoms with Crippen molar-refractivity contribution in [1.82, 2.24) is 0 Å². The molecule has 0 spiro atoms. The monoisotopic (exact) mass is 664 g/mol. The van der Waals surface area contributed by atoms with Crippen molar-refractivity contribution in [2.24, 2.45) is 0 Å². The van der Waals surface area contributed by atoms with Gasteiger partial charge in [0.1, 0.15) is 11.5 Å². The van der Waals surface area contributed by atoms with E-state index in [2.05, 4.69) is 0 Å². The number of carboxylic acid groups (broad SMARTS) is 2. The molecule has 45 heavy (non-hydrogen) atoms. The lowest BCUT2D eigenvalue weighted by molar-refractivity contribution is -0.387. The summed E-state index contributed by atoms with van der Waals surface area (Å²) in [5.41, 5.74) is 11.3. The lowest BCUT2D eigenvalue weighted by Crippen LogP contribution is -2.00. The fraction of sp³-hybridized carbons (Fsp3) is 0.0714. The summed E-state index contributed by atoms with van der Waals surface area (Å²) in [6, 6.07) is 16.0. The van der Waals surface area contributed by atoms with E-state index in [0.717, 1.165) is 12.1 Å². The molecule has 0 amide bonds. The van der Waals surface area contributed by atoms with Crippen molar-refractivity contribution in [2.75, 3.05) is 11.5 Å². The highest BCUT2D eigenvalue weighted by atomic mass is 35.5. The molecular weight excluding hydrogens is 642 g/mol. The average molecular weight is 665 g/mol. The number of nitrogen functional groups attached to an aromatic ring is 2. The summed E-state index contributed by atoms with van der Waals surface area (Å²) in [5.74, 6) is -2.64. The predicted molar refractivity (Wildman–Crippen MR) is 162 cm³/mol. The van der Waals surface area contributed by atoms with Crippen molar-refractivity contribution < 1.29 is 43.9 Å². The number of hydrogen-bond acceptors (Lipinski definition) is 10. The standard InChI is InChI=1S/C14H11ClN2O5.C8H7ClO3.C6H5FN2O2/c15-10-5-8(6-14(18)19)1-3-12(10)22-13-4-2-9(16)7-11(13)17(20)21;9-6-3-5(4-8(11)12)1-2-7(6)10;7-5-2-1-4(8)3-6(5)9(10)11/h1-5,7H,6,16H2,(H,18,19);1-3,10H,4H2,(H,11,12);1-3H,8H2. The van der Waals surface area contributed by atoms with Gasteiger partial charge in [-0.15, -0.1) is 0 Å². The van der Waals surface area contributed by atoms with Gasteiger partial charge in [0.05, 0.1) is 32.7 Å². The number of nitro benzene ring substituents is 2. The number of ether oxygens (including phenoxy) is 1. The van der Waals surface area contributed by atoms with E-state index in [1.807, 2.05) is 0 Å². The molecule has 4 aromatic carbocycles. The number of nitrogens with zero attached hydrogens (tertiary/aromatic N) is 2. The van der Waals surface area contributed by atoms with Crippen molar-refractivity contribution in [1.29, 1.82) is 0 Å². The average Bonchev–Trinajstić information content (AvgIpc) is 2.94. The molecular formula is C28H23Cl2FN4O10. The van der Waals surface area contributed by atoms with Crippen LogP contribution in [0.15, 0.2) is 72.8 Å². The Kier molecular flexibility index (Phi) is 12.8. The topological polar surface area (TPSA) is 242 Å². The first-order valence-corrected chi connectivity index (χ1v) is 12.9. The van der Waals surface area contributed by atoms with Crippen molar-refractivity contribution in [3.63, 3.8) is 0 Å². The van der Waals surface area contributed by atoms with Crippen LogP contribution in [0, 0.1) is 26.0 Å². The number of anilines is 2. The Labute approximate surface area is 263 Å². The van der Waals surface area contributed by atoms with Crippen LogP contribution in [0.2, 0.25) is 10.0 Å². The number of carbonyl (C=O) groups is 2. The van der Waals surface area contributed by atoms with Crippen molar-refractivity contribution in [3.05, 3.63) is 120 Å². The molecule has 0 aliphatic carbocycles. The number of benzene rings is 4. The van der Waals surface area contributed by atoms with Gasteiger partial charge in [-0.05, 0) is 59.7 Å². The van der Waals surface area contributed by atoms with E-state index in [4.69, 9.17) is 54.7 Å². The first kappa shape index (κ1) is 35.5. The Morgan fingerprint density at radius 1 is 0.733 bits per heavy atom. The van der Waals surface area contributed by atoms with E-state index >= 15 is 0 Å². The summed E-state index contributed by atoms with van der Waals surface area (Å²) >= 11 is 11.6. The zero-order valence-corrected chi connectivity index (χ0v) is 24.2. The van der Waals surface area contributed by atoms with Gasteiger partial charge < -0.3 is 31.5 Å². The van der Waals surface area contributed by atoms with Crippen LogP contribution in [-0.4, -0.2) is 37.1 Å². The second-order valence-electron chi connectivity index (χ2n) is 8.75. The number of carboxylic acids is 2. The van der Waals surface area contributed by atoms with E-state index in [1.54, 1.807) is 0 Å². The first-order valence-electron chi connectivity index (χ1n) is 12.2. The summed E-state index contributed by atoms with van der Waals surface area (Å²) in [5, 5.41) is 47.6. The number of rotatable bonds is 8. The van der Waals surface area contributed by atoms with Gasteiger partial charge >= 0.3 is 23.3 Å². The molecule has 0 saturated carbocycles. The Morgan fingerprint density at radius 2 is 1.20 bits per heavy atom. The van der Waals surface area contributed by atoms with E-state index < -0.39 is 33.3 Å². The number of nitro groups is 2. The lowest BCUT2D eigenvalue weighted by Gasteiger charge is -2.09. The summed E-state index contributed by atoms with van der Waals surface area (Å²) in [4.78, 5) is 40.6. The minimum Gasteiger partial charge on any atom is -0.506 e.